The van der Waals surface area contributed by atoms with Crippen molar-refractivity contribution in [3.63, 3.8) is 0 Å². The van der Waals surface area contributed by atoms with Crippen molar-refractivity contribution in [1.82, 2.24) is 0 Å². The van der Waals surface area contributed by atoms with E-state index in [2.05, 4.69) is 6.92 Å². The van der Waals surface area contributed by atoms with Gasteiger partial charge in [0.1, 0.15) is 6.61 Å². The summed E-state index contributed by atoms with van der Waals surface area (Å²) in [5.41, 5.74) is 0. The lowest BCUT2D eigenvalue weighted by molar-refractivity contribution is 0.0212. The van der Waals surface area contributed by atoms with Crippen LogP contribution in [0.15, 0.2) is 0 Å². The summed E-state index contributed by atoms with van der Waals surface area (Å²) in [4.78, 5) is 0. The minimum absolute atomic E-state index is 0.159. The minimum atomic E-state index is -0.159. The predicted molar refractivity (Wildman–Crippen MR) is 37.5 cm³/mol. The van der Waals surface area contributed by atoms with Crippen LogP contribution >= 0.6 is 0 Å². The third kappa shape index (κ3) is 7.88. The molecule has 0 aromatic heterocycles. The lowest BCUT2D eigenvalue weighted by atomic mass is 10.5. The number of rotatable bonds is 7. The Morgan fingerprint density at radius 1 is 1.00 bits per heavy atom. The minimum Gasteiger partial charge on any atom is -0.379 e. The maximum atomic E-state index is 9.85. The summed E-state index contributed by atoms with van der Waals surface area (Å²) in [6.07, 6.45) is 1.03. The Kier molecular flexibility index (Phi) is 8.77. The molecule has 0 bridgehead atoms. The molecule has 0 spiro atoms. The molecular weight excluding hydrogens is 132 g/mol. The molecule has 0 aliphatic carbocycles. The first-order chi connectivity index (χ1) is 4.91. The Labute approximate surface area is 62.0 Å². The largest absolute Gasteiger partial charge is 0.379 e. The van der Waals surface area contributed by atoms with Crippen LogP contribution in [-0.2, 0) is 14.6 Å². The van der Waals surface area contributed by atoms with E-state index in [0.29, 0.717) is 19.8 Å². The van der Waals surface area contributed by atoms with Crippen LogP contribution in [0.25, 0.3) is 0 Å². The van der Waals surface area contributed by atoms with Gasteiger partial charge in [-0.15, -0.1) is 0 Å². The second kappa shape index (κ2) is 8.88. The summed E-state index contributed by atoms with van der Waals surface area (Å²) in [6, 6.07) is 0. The van der Waals surface area contributed by atoms with E-state index >= 15 is 0 Å². The number of hydrogen-bond acceptors (Lipinski definition) is 2. The monoisotopic (exact) mass is 147 g/mol. The van der Waals surface area contributed by atoms with Crippen LogP contribution in [0.2, 0.25) is 0 Å². The molecule has 61 valence electrons. The van der Waals surface area contributed by atoms with Gasteiger partial charge in [-0.05, 0) is 6.42 Å². The Bertz CT molecular complexity index is 48.8. The zero-order valence-electron chi connectivity index (χ0n) is 6.47. The van der Waals surface area contributed by atoms with Crippen molar-refractivity contribution in [3.8, 4) is 0 Å². The highest BCUT2D eigenvalue weighted by molar-refractivity contribution is 4.30. The van der Waals surface area contributed by atoms with Gasteiger partial charge in [0.25, 0.3) is 0 Å². The third-order valence-electron chi connectivity index (χ3n) is 0.948. The van der Waals surface area contributed by atoms with Gasteiger partial charge in [-0.3, -0.25) is 0 Å². The summed E-state index contributed by atoms with van der Waals surface area (Å²) < 4.78 is 9.99. The van der Waals surface area contributed by atoms with Crippen LogP contribution < -0.4 is 0 Å². The molecule has 3 heteroatoms. The maximum Gasteiger partial charge on any atom is 0.106 e. The summed E-state index contributed by atoms with van der Waals surface area (Å²) in [5, 5.41) is 9.85. The molecule has 0 rings (SSSR count). The first-order valence-electron chi connectivity index (χ1n) is 3.65. The summed E-state index contributed by atoms with van der Waals surface area (Å²) >= 11 is 0. The molecule has 0 atom stereocenters. The highest BCUT2D eigenvalue weighted by Crippen LogP contribution is 1.80. The Hall–Kier alpha value is -0.120. The van der Waals surface area contributed by atoms with E-state index in [1.54, 1.807) is 0 Å². The molecule has 0 aromatic carbocycles. The van der Waals surface area contributed by atoms with Crippen molar-refractivity contribution in [2.75, 3.05) is 33.0 Å². The fraction of sp³-hybridized carbons (Fsp3) is 1.00. The van der Waals surface area contributed by atoms with Gasteiger partial charge in [0.05, 0.1) is 19.8 Å². The Balaban J connectivity index is 2.65. The lowest BCUT2D eigenvalue weighted by Crippen LogP contribution is -2.06. The van der Waals surface area contributed by atoms with Crippen molar-refractivity contribution in [1.29, 1.82) is 0 Å². The topological polar surface area (TPSA) is 38.4 Å². The molecule has 0 heterocycles. The van der Waals surface area contributed by atoms with Crippen molar-refractivity contribution >= 4 is 0 Å². The molecule has 0 aliphatic rings. The molecular formula is C7H15O3. The molecule has 0 unspecified atom stereocenters. The van der Waals surface area contributed by atoms with Gasteiger partial charge in [-0.2, -0.15) is 0 Å². The average Bonchev–Trinajstić information content (AvgIpc) is 1.97. The molecule has 0 N–H and O–H groups in total. The lowest BCUT2D eigenvalue weighted by Gasteiger charge is -2.01. The van der Waals surface area contributed by atoms with Gasteiger partial charge in [-0.1, -0.05) is 6.92 Å². The molecule has 1 radical (unpaired) electrons. The Morgan fingerprint density at radius 3 is 2.10 bits per heavy atom. The predicted octanol–water partition coefficient (Wildman–Crippen LogP) is 0.860. The number of hydrogen-bond donors (Lipinski definition) is 0. The second-order valence-electron chi connectivity index (χ2n) is 1.93. The van der Waals surface area contributed by atoms with E-state index in [-0.39, 0.29) is 6.61 Å². The fourth-order valence-electron chi connectivity index (χ4n) is 0.525. The molecule has 0 saturated carbocycles. The van der Waals surface area contributed by atoms with Crippen LogP contribution in [0.4, 0.5) is 0 Å². The standard InChI is InChI=1S/C7H15O3/c1-2-4-9-6-7-10-5-3-8/h2-7H2,1H3. The molecule has 0 fully saturated rings. The molecule has 0 aromatic rings. The zero-order valence-corrected chi connectivity index (χ0v) is 6.47. The van der Waals surface area contributed by atoms with E-state index in [4.69, 9.17) is 9.47 Å². The van der Waals surface area contributed by atoms with E-state index in [1.807, 2.05) is 0 Å². The molecule has 0 saturated heterocycles. The summed E-state index contributed by atoms with van der Waals surface area (Å²) in [7, 11) is 0. The van der Waals surface area contributed by atoms with E-state index in [9.17, 15) is 5.11 Å². The smallest absolute Gasteiger partial charge is 0.106 e. The fourth-order valence-corrected chi connectivity index (χ4v) is 0.525. The van der Waals surface area contributed by atoms with Crippen LogP contribution in [0.5, 0.6) is 0 Å². The average molecular weight is 147 g/mol. The first kappa shape index (κ1) is 9.88. The van der Waals surface area contributed by atoms with Gasteiger partial charge >= 0.3 is 0 Å². The summed E-state index contributed by atoms with van der Waals surface area (Å²) in [5.74, 6) is 0. The van der Waals surface area contributed by atoms with Gasteiger partial charge in [0.2, 0.25) is 0 Å². The molecule has 3 nitrogen and oxygen atoms in total. The molecule has 0 aliphatic heterocycles. The molecule has 0 amide bonds. The van der Waals surface area contributed by atoms with Gasteiger partial charge in [-0.25, -0.2) is 5.11 Å². The second-order valence-corrected chi connectivity index (χ2v) is 1.93. The SMILES string of the molecule is CCCOCCOCC[O]. The van der Waals surface area contributed by atoms with Crippen LogP contribution in [0, 0.1) is 0 Å². The van der Waals surface area contributed by atoms with E-state index in [1.165, 1.54) is 0 Å². The van der Waals surface area contributed by atoms with E-state index < -0.39 is 0 Å². The Morgan fingerprint density at radius 2 is 1.60 bits per heavy atom. The van der Waals surface area contributed by atoms with Gasteiger partial charge in [0, 0.05) is 6.61 Å². The normalized spacial score (nSPS) is 10.2. The van der Waals surface area contributed by atoms with Gasteiger partial charge < -0.3 is 9.47 Å². The highest BCUT2D eigenvalue weighted by Gasteiger charge is 1.86. The van der Waals surface area contributed by atoms with Crippen LogP contribution in [0.1, 0.15) is 13.3 Å². The van der Waals surface area contributed by atoms with Crippen LogP contribution in [-0.4, -0.2) is 33.0 Å². The van der Waals surface area contributed by atoms with Crippen LogP contribution in [0.3, 0.4) is 0 Å². The maximum absolute atomic E-state index is 9.85. The highest BCUT2D eigenvalue weighted by atomic mass is 16.5. The van der Waals surface area contributed by atoms with E-state index in [0.717, 1.165) is 13.0 Å². The van der Waals surface area contributed by atoms with Crippen molar-refractivity contribution in [2.24, 2.45) is 0 Å². The van der Waals surface area contributed by atoms with Crippen molar-refractivity contribution in [3.05, 3.63) is 0 Å². The quantitative estimate of drug-likeness (QED) is 0.501. The van der Waals surface area contributed by atoms with Crippen molar-refractivity contribution in [2.45, 2.75) is 13.3 Å². The molecule has 10 heavy (non-hydrogen) atoms. The first-order valence-corrected chi connectivity index (χ1v) is 3.65. The number of ether oxygens (including phenoxy) is 2. The van der Waals surface area contributed by atoms with Crippen molar-refractivity contribution < 1.29 is 14.6 Å². The zero-order chi connectivity index (χ0) is 7.66. The van der Waals surface area contributed by atoms with Gasteiger partial charge in [0.15, 0.2) is 0 Å². The summed E-state index contributed by atoms with van der Waals surface area (Å²) in [6.45, 7) is 4.12. The third-order valence-corrected chi connectivity index (χ3v) is 0.948.